The monoisotopic (exact) mass is 371 g/mol. The van der Waals surface area contributed by atoms with E-state index in [1.165, 1.54) is 26.6 Å². The molecule has 0 fully saturated rings. The minimum Gasteiger partial charge on any atom is -0.493 e. The van der Waals surface area contributed by atoms with Crippen molar-refractivity contribution in [1.82, 2.24) is 4.31 Å². The van der Waals surface area contributed by atoms with Gasteiger partial charge in [0.15, 0.2) is 11.5 Å². The Balaban J connectivity index is 2.31. The third kappa shape index (κ3) is 3.53. The largest absolute Gasteiger partial charge is 0.493 e. The number of thiophene rings is 1. The average Bonchev–Trinajstić information content (AvgIpc) is 3.05. The van der Waals surface area contributed by atoms with Gasteiger partial charge in [0.05, 0.1) is 19.8 Å². The predicted molar refractivity (Wildman–Crippen MR) is 89.5 cm³/mol. The van der Waals surface area contributed by atoms with Crippen molar-refractivity contribution in [3.63, 3.8) is 0 Å². The van der Waals surface area contributed by atoms with Gasteiger partial charge in [0.1, 0.15) is 4.21 Å². The van der Waals surface area contributed by atoms with Crippen molar-refractivity contribution in [1.29, 1.82) is 0 Å². The van der Waals surface area contributed by atoms with E-state index in [-0.39, 0.29) is 16.3 Å². The number of sulfonamides is 1. The lowest BCUT2D eigenvalue weighted by molar-refractivity contribution is 0.0697. The lowest BCUT2D eigenvalue weighted by Gasteiger charge is -2.19. The zero-order valence-corrected chi connectivity index (χ0v) is 15.0. The van der Waals surface area contributed by atoms with E-state index in [1.54, 1.807) is 18.2 Å². The number of carboxylic acids is 1. The summed E-state index contributed by atoms with van der Waals surface area (Å²) in [6.07, 6.45) is 0. The number of methoxy groups -OCH3 is 2. The second-order valence-corrected chi connectivity index (χ2v) is 8.06. The van der Waals surface area contributed by atoms with E-state index in [4.69, 9.17) is 14.6 Å². The number of carbonyl (C=O) groups is 1. The molecule has 0 aliphatic carbocycles. The molecular weight excluding hydrogens is 354 g/mol. The Bertz CT molecular complexity index is 843. The molecule has 130 valence electrons. The fourth-order valence-electron chi connectivity index (χ4n) is 2.12. The number of carboxylic acid groups (broad SMARTS) is 1. The molecule has 24 heavy (non-hydrogen) atoms. The van der Waals surface area contributed by atoms with Crippen LogP contribution in [-0.2, 0) is 16.6 Å². The Morgan fingerprint density at radius 3 is 2.54 bits per heavy atom. The first-order valence-electron chi connectivity index (χ1n) is 6.79. The van der Waals surface area contributed by atoms with E-state index in [0.29, 0.717) is 17.1 Å². The highest BCUT2D eigenvalue weighted by molar-refractivity contribution is 7.91. The summed E-state index contributed by atoms with van der Waals surface area (Å²) in [7, 11) is 0.604. The molecule has 9 heteroatoms. The van der Waals surface area contributed by atoms with Gasteiger partial charge in [-0.05, 0) is 12.1 Å². The number of hydrogen-bond donors (Lipinski definition) is 1. The smallest absolute Gasteiger partial charge is 0.336 e. The van der Waals surface area contributed by atoms with Crippen LogP contribution in [0.1, 0.15) is 15.9 Å². The first-order valence-corrected chi connectivity index (χ1v) is 9.11. The van der Waals surface area contributed by atoms with E-state index >= 15 is 0 Å². The Labute approximate surface area is 144 Å². The molecule has 0 amide bonds. The molecule has 0 saturated carbocycles. The van der Waals surface area contributed by atoms with Gasteiger partial charge < -0.3 is 14.6 Å². The molecule has 7 nitrogen and oxygen atoms in total. The normalized spacial score (nSPS) is 11.5. The van der Waals surface area contributed by atoms with Crippen LogP contribution in [-0.4, -0.2) is 45.1 Å². The van der Waals surface area contributed by atoms with Crippen LogP contribution in [0.3, 0.4) is 0 Å². The van der Waals surface area contributed by atoms with Crippen LogP contribution >= 0.6 is 11.3 Å². The van der Waals surface area contributed by atoms with Crippen LogP contribution in [0.5, 0.6) is 11.5 Å². The molecule has 0 atom stereocenters. The minimum absolute atomic E-state index is 0.0238. The van der Waals surface area contributed by atoms with E-state index in [2.05, 4.69) is 0 Å². The van der Waals surface area contributed by atoms with Crippen molar-refractivity contribution in [3.8, 4) is 11.5 Å². The van der Waals surface area contributed by atoms with Gasteiger partial charge in [-0.15, -0.1) is 11.3 Å². The van der Waals surface area contributed by atoms with Crippen LogP contribution < -0.4 is 9.47 Å². The maximum absolute atomic E-state index is 12.6. The summed E-state index contributed by atoms with van der Waals surface area (Å²) in [6.45, 7) is 0.0585. The van der Waals surface area contributed by atoms with Gasteiger partial charge in [-0.3, -0.25) is 0 Å². The van der Waals surface area contributed by atoms with Gasteiger partial charge in [0.2, 0.25) is 0 Å². The average molecular weight is 371 g/mol. The Morgan fingerprint density at radius 2 is 2.00 bits per heavy atom. The van der Waals surface area contributed by atoms with Gasteiger partial charge in [0, 0.05) is 24.5 Å². The summed E-state index contributed by atoms with van der Waals surface area (Å²) >= 11 is 0.875. The molecule has 1 N–H and O–H groups in total. The highest BCUT2D eigenvalue weighted by Gasteiger charge is 2.25. The maximum atomic E-state index is 12.6. The molecule has 0 bridgehead atoms. The number of benzene rings is 1. The van der Waals surface area contributed by atoms with E-state index in [1.807, 2.05) is 0 Å². The van der Waals surface area contributed by atoms with Crippen molar-refractivity contribution in [2.45, 2.75) is 10.8 Å². The Hall–Kier alpha value is -2.10. The van der Waals surface area contributed by atoms with Crippen molar-refractivity contribution in [2.24, 2.45) is 0 Å². The molecule has 1 aromatic heterocycles. The Kier molecular flexibility index (Phi) is 5.47. The van der Waals surface area contributed by atoms with Crippen LogP contribution in [0.25, 0.3) is 0 Å². The highest BCUT2D eigenvalue weighted by Crippen LogP contribution is 2.32. The number of para-hydroxylation sites is 1. The van der Waals surface area contributed by atoms with Crippen molar-refractivity contribution in [3.05, 3.63) is 40.8 Å². The molecule has 2 rings (SSSR count). The van der Waals surface area contributed by atoms with Crippen molar-refractivity contribution < 1.29 is 27.8 Å². The molecule has 0 radical (unpaired) electrons. The molecule has 0 spiro atoms. The van der Waals surface area contributed by atoms with Crippen LogP contribution in [0.15, 0.2) is 33.9 Å². The van der Waals surface area contributed by atoms with Gasteiger partial charge in [-0.1, -0.05) is 12.1 Å². The minimum atomic E-state index is -3.80. The summed E-state index contributed by atoms with van der Waals surface area (Å²) < 4.78 is 36.8. The fraction of sp³-hybridized carbons (Fsp3) is 0.267. The standard InChI is InChI=1S/C15H17NO6S2/c1-16(8-10-5-4-6-12(21-2)14(10)22-3)24(19,20)13-7-11(9-23-13)15(17)18/h4-7,9H,8H2,1-3H3,(H,17,18). The molecule has 1 aromatic carbocycles. The molecule has 0 saturated heterocycles. The molecular formula is C15H17NO6S2. The maximum Gasteiger partial charge on any atom is 0.336 e. The molecule has 2 aromatic rings. The first-order chi connectivity index (χ1) is 11.3. The fourth-order valence-corrected chi connectivity index (χ4v) is 4.63. The molecule has 0 unspecified atom stereocenters. The van der Waals surface area contributed by atoms with Crippen molar-refractivity contribution in [2.75, 3.05) is 21.3 Å². The Morgan fingerprint density at radius 1 is 1.29 bits per heavy atom. The summed E-state index contributed by atoms with van der Waals surface area (Å²) in [6, 6.07) is 6.35. The van der Waals surface area contributed by atoms with Crippen LogP contribution in [0.4, 0.5) is 0 Å². The predicted octanol–water partition coefficient (Wildman–Crippen LogP) is 2.28. The molecule has 1 heterocycles. The third-order valence-electron chi connectivity index (χ3n) is 3.36. The second-order valence-electron chi connectivity index (χ2n) is 4.87. The first kappa shape index (κ1) is 18.2. The van der Waals surface area contributed by atoms with E-state index < -0.39 is 16.0 Å². The van der Waals surface area contributed by atoms with Crippen molar-refractivity contribution >= 4 is 27.3 Å². The summed E-state index contributed by atoms with van der Waals surface area (Å²) in [5.74, 6) is -0.200. The highest BCUT2D eigenvalue weighted by atomic mass is 32.2. The number of hydrogen-bond acceptors (Lipinski definition) is 6. The third-order valence-corrected chi connectivity index (χ3v) is 6.58. The zero-order chi connectivity index (χ0) is 17.9. The van der Waals surface area contributed by atoms with Gasteiger partial charge in [-0.25, -0.2) is 13.2 Å². The lowest BCUT2D eigenvalue weighted by atomic mass is 10.2. The summed E-state index contributed by atoms with van der Waals surface area (Å²) in [4.78, 5) is 10.9. The number of nitrogens with zero attached hydrogens (tertiary/aromatic N) is 1. The van der Waals surface area contributed by atoms with Crippen LogP contribution in [0.2, 0.25) is 0 Å². The molecule has 0 aliphatic rings. The second kappa shape index (κ2) is 7.20. The van der Waals surface area contributed by atoms with Crippen LogP contribution in [0, 0.1) is 0 Å². The van der Waals surface area contributed by atoms with Gasteiger partial charge in [-0.2, -0.15) is 4.31 Å². The summed E-state index contributed by atoms with van der Waals surface area (Å²) in [5, 5.41) is 10.2. The summed E-state index contributed by atoms with van der Waals surface area (Å²) in [5.41, 5.74) is 0.587. The van der Waals surface area contributed by atoms with Gasteiger partial charge in [0.25, 0.3) is 10.0 Å². The lowest BCUT2D eigenvalue weighted by Crippen LogP contribution is -2.26. The zero-order valence-electron chi connectivity index (χ0n) is 13.3. The number of aromatic carboxylic acids is 1. The molecule has 0 aliphatic heterocycles. The SMILES string of the molecule is COc1cccc(CN(C)S(=O)(=O)c2cc(C(=O)O)cs2)c1OC. The van der Waals surface area contributed by atoms with Gasteiger partial charge >= 0.3 is 5.97 Å². The number of rotatable bonds is 7. The van der Waals surface area contributed by atoms with E-state index in [0.717, 1.165) is 21.7 Å². The topological polar surface area (TPSA) is 93.1 Å². The van der Waals surface area contributed by atoms with E-state index in [9.17, 15) is 13.2 Å². The quantitative estimate of drug-likeness (QED) is 0.803. The number of ether oxygens (including phenoxy) is 2.